The molecule has 2 rings (SSSR count). The summed E-state index contributed by atoms with van der Waals surface area (Å²) in [5.74, 6) is 0.354. The lowest BCUT2D eigenvalue weighted by atomic mass is 10.2. The fourth-order valence-electron chi connectivity index (χ4n) is 1.94. The number of benzene rings is 1. The van der Waals surface area contributed by atoms with E-state index < -0.39 is 0 Å². The molecule has 1 amide bonds. The number of aromatic nitrogens is 2. The second-order valence-corrected chi connectivity index (χ2v) is 4.74. The van der Waals surface area contributed by atoms with E-state index in [1.807, 2.05) is 43.1 Å². The minimum Gasteiger partial charge on any atom is -0.368 e. The van der Waals surface area contributed by atoms with Crippen LogP contribution in [0.2, 0.25) is 0 Å². The molecule has 1 aromatic heterocycles. The van der Waals surface area contributed by atoms with Crippen LogP contribution in [0, 0.1) is 6.92 Å². The number of carbonyl (C=O) groups is 1. The number of rotatable bonds is 4. The average Bonchev–Trinajstić information content (AvgIpc) is 2.37. The maximum Gasteiger partial charge on any atom is 0.234 e. The summed E-state index contributed by atoms with van der Waals surface area (Å²) in [5.41, 5.74) is 7.16. The highest BCUT2D eigenvalue weighted by Crippen LogP contribution is 2.15. The first-order chi connectivity index (χ1) is 8.99. The Balaban J connectivity index is 2.29. The summed E-state index contributed by atoms with van der Waals surface area (Å²) in [6.07, 6.45) is 0. The van der Waals surface area contributed by atoms with Gasteiger partial charge in [0.05, 0.1) is 18.1 Å². The van der Waals surface area contributed by atoms with Crippen molar-refractivity contribution in [3.05, 3.63) is 35.8 Å². The molecule has 1 aromatic carbocycles. The molecule has 0 saturated carbocycles. The van der Waals surface area contributed by atoms with Gasteiger partial charge in [0.1, 0.15) is 5.82 Å². The Bertz CT molecular complexity index is 611. The van der Waals surface area contributed by atoms with Crippen LogP contribution in [0.15, 0.2) is 24.3 Å². The van der Waals surface area contributed by atoms with Crippen LogP contribution in [0.5, 0.6) is 0 Å². The average molecular weight is 258 g/mol. The summed E-state index contributed by atoms with van der Waals surface area (Å²) in [7, 11) is 1.84. The Morgan fingerprint density at radius 1 is 1.37 bits per heavy atom. The Hall–Kier alpha value is -2.01. The fraction of sp³-hybridized carbons (Fsp3) is 0.357. The molecule has 0 saturated heterocycles. The number of nitrogens with zero attached hydrogens (tertiary/aromatic N) is 3. The molecule has 2 aromatic rings. The van der Waals surface area contributed by atoms with Crippen LogP contribution in [-0.2, 0) is 11.3 Å². The molecule has 5 nitrogen and oxygen atoms in total. The van der Waals surface area contributed by atoms with Crippen molar-refractivity contribution >= 4 is 16.8 Å². The number of primary amides is 1. The number of hydrogen-bond acceptors (Lipinski definition) is 4. The number of amides is 1. The summed E-state index contributed by atoms with van der Waals surface area (Å²) in [4.78, 5) is 22.0. The molecule has 0 radical (unpaired) electrons. The van der Waals surface area contributed by atoms with E-state index in [4.69, 9.17) is 5.73 Å². The molecule has 1 heterocycles. The van der Waals surface area contributed by atoms with Gasteiger partial charge >= 0.3 is 0 Å². The van der Waals surface area contributed by atoms with Gasteiger partial charge in [0, 0.05) is 11.1 Å². The van der Waals surface area contributed by atoms with E-state index in [0.717, 1.165) is 16.6 Å². The van der Waals surface area contributed by atoms with Crippen LogP contribution in [0.3, 0.4) is 0 Å². The van der Waals surface area contributed by atoms with E-state index in [1.54, 1.807) is 6.92 Å². The second-order valence-electron chi connectivity index (χ2n) is 4.74. The van der Waals surface area contributed by atoms with Crippen molar-refractivity contribution in [2.75, 3.05) is 7.05 Å². The molecule has 0 aliphatic heterocycles. The Morgan fingerprint density at radius 2 is 2.05 bits per heavy atom. The molecule has 0 unspecified atom stereocenters. The van der Waals surface area contributed by atoms with Crippen molar-refractivity contribution in [2.45, 2.75) is 26.4 Å². The van der Waals surface area contributed by atoms with E-state index >= 15 is 0 Å². The molecule has 19 heavy (non-hydrogen) atoms. The number of hydrogen-bond donors (Lipinski definition) is 1. The maximum absolute atomic E-state index is 11.1. The molecule has 100 valence electrons. The zero-order chi connectivity index (χ0) is 14.0. The van der Waals surface area contributed by atoms with E-state index in [-0.39, 0.29) is 11.9 Å². The van der Waals surface area contributed by atoms with Gasteiger partial charge in [0.25, 0.3) is 0 Å². The maximum atomic E-state index is 11.1. The molecule has 0 spiro atoms. The second kappa shape index (κ2) is 5.32. The van der Waals surface area contributed by atoms with Gasteiger partial charge in [-0.05, 0) is 27.0 Å². The Kier molecular flexibility index (Phi) is 3.76. The topological polar surface area (TPSA) is 72.1 Å². The summed E-state index contributed by atoms with van der Waals surface area (Å²) < 4.78 is 0. The number of aryl methyl sites for hydroxylation is 1. The minimum absolute atomic E-state index is 0.338. The van der Waals surface area contributed by atoms with Gasteiger partial charge in [-0.2, -0.15) is 0 Å². The fourth-order valence-corrected chi connectivity index (χ4v) is 1.94. The predicted molar refractivity (Wildman–Crippen MR) is 74.4 cm³/mol. The largest absolute Gasteiger partial charge is 0.368 e. The van der Waals surface area contributed by atoms with Crippen molar-refractivity contribution in [1.82, 2.24) is 14.9 Å². The van der Waals surface area contributed by atoms with Crippen molar-refractivity contribution < 1.29 is 4.79 Å². The van der Waals surface area contributed by atoms with Crippen LogP contribution in [0.1, 0.15) is 18.4 Å². The van der Waals surface area contributed by atoms with Gasteiger partial charge in [-0.25, -0.2) is 9.97 Å². The number of nitrogens with two attached hydrogens (primary N) is 1. The molecular formula is C14H18N4O. The van der Waals surface area contributed by atoms with E-state index in [1.165, 1.54) is 0 Å². The van der Waals surface area contributed by atoms with E-state index in [9.17, 15) is 4.79 Å². The third kappa shape index (κ3) is 2.88. The monoisotopic (exact) mass is 258 g/mol. The van der Waals surface area contributed by atoms with Gasteiger partial charge in [0.15, 0.2) is 0 Å². The van der Waals surface area contributed by atoms with Crippen LogP contribution in [-0.4, -0.2) is 33.9 Å². The molecule has 2 N–H and O–H groups in total. The molecule has 0 bridgehead atoms. The van der Waals surface area contributed by atoms with Crippen LogP contribution >= 0.6 is 0 Å². The van der Waals surface area contributed by atoms with Gasteiger partial charge in [-0.3, -0.25) is 9.69 Å². The highest BCUT2D eigenvalue weighted by molar-refractivity contribution is 5.80. The first kappa shape index (κ1) is 13.4. The molecule has 0 aliphatic carbocycles. The van der Waals surface area contributed by atoms with Crippen molar-refractivity contribution in [2.24, 2.45) is 5.73 Å². The summed E-state index contributed by atoms with van der Waals surface area (Å²) in [5, 5.41) is 1.05. The lowest BCUT2D eigenvalue weighted by molar-refractivity contribution is -0.122. The first-order valence-corrected chi connectivity index (χ1v) is 6.21. The number of carbonyl (C=O) groups excluding carboxylic acids is 1. The zero-order valence-electron chi connectivity index (χ0n) is 11.4. The first-order valence-electron chi connectivity index (χ1n) is 6.21. The van der Waals surface area contributed by atoms with Gasteiger partial charge in [0.2, 0.25) is 5.91 Å². The SMILES string of the molecule is Cc1nc(CN(C)[C@H](C)C(N)=O)nc2ccccc12. The lowest BCUT2D eigenvalue weighted by Crippen LogP contribution is -2.40. The lowest BCUT2D eigenvalue weighted by Gasteiger charge is -2.21. The number of para-hydroxylation sites is 1. The van der Waals surface area contributed by atoms with Crippen LogP contribution in [0.25, 0.3) is 10.9 Å². The van der Waals surface area contributed by atoms with Crippen LogP contribution < -0.4 is 5.73 Å². The van der Waals surface area contributed by atoms with Crippen molar-refractivity contribution in [1.29, 1.82) is 0 Å². The van der Waals surface area contributed by atoms with Gasteiger partial charge in [-0.1, -0.05) is 18.2 Å². The smallest absolute Gasteiger partial charge is 0.234 e. The minimum atomic E-state index is -0.347. The zero-order valence-corrected chi connectivity index (χ0v) is 11.4. The highest BCUT2D eigenvalue weighted by atomic mass is 16.1. The summed E-state index contributed by atoms with van der Waals surface area (Å²) >= 11 is 0. The molecule has 5 heteroatoms. The van der Waals surface area contributed by atoms with Gasteiger partial charge in [-0.15, -0.1) is 0 Å². The van der Waals surface area contributed by atoms with E-state index in [2.05, 4.69) is 9.97 Å². The molecule has 0 fully saturated rings. The van der Waals surface area contributed by atoms with E-state index in [0.29, 0.717) is 12.4 Å². The number of fused-ring (bicyclic) bond motifs is 1. The van der Waals surface area contributed by atoms with Crippen molar-refractivity contribution in [3.63, 3.8) is 0 Å². The van der Waals surface area contributed by atoms with Gasteiger partial charge < -0.3 is 5.73 Å². The highest BCUT2D eigenvalue weighted by Gasteiger charge is 2.16. The normalized spacial score (nSPS) is 12.8. The third-order valence-electron chi connectivity index (χ3n) is 3.30. The standard InChI is InChI=1S/C14H18N4O/c1-9-11-6-4-5-7-12(11)17-13(16-9)8-18(3)10(2)14(15)19/h4-7,10H,8H2,1-3H3,(H2,15,19)/t10-/m1/s1. The summed E-state index contributed by atoms with van der Waals surface area (Å²) in [6, 6.07) is 7.55. The summed E-state index contributed by atoms with van der Waals surface area (Å²) in [6.45, 7) is 4.23. The predicted octanol–water partition coefficient (Wildman–Crippen LogP) is 1.24. The Morgan fingerprint density at radius 3 is 2.74 bits per heavy atom. The Labute approximate surface area is 112 Å². The molecule has 1 atom stereocenters. The number of likely N-dealkylation sites (N-methyl/N-ethyl adjacent to an activating group) is 1. The third-order valence-corrected chi connectivity index (χ3v) is 3.30. The van der Waals surface area contributed by atoms with Crippen LogP contribution in [0.4, 0.5) is 0 Å². The molecule has 0 aliphatic rings. The molecular weight excluding hydrogens is 240 g/mol. The van der Waals surface area contributed by atoms with Crippen molar-refractivity contribution in [3.8, 4) is 0 Å². The quantitative estimate of drug-likeness (QED) is 0.895.